The molecule has 1 aliphatic carbocycles. The number of rotatable bonds is 3. The minimum Gasteiger partial charge on any atom is -0.310 e. The summed E-state index contributed by atoms with van der Waals surface area (Å²) in [5, 5.41) is 2.63. The predicted octanol–water partition coefficient (Wildman–Crippen LogP) is 4.85. The van der Waals surface area contributed by atoms with Gasteiger partial charge in [0.1, 0.15) is 5.82 Å². The van der Waals surface area contributed by atoms with Crippen molar-refractivity contribution in [1.29, 1.82) is 0 Å². The Hall–Kier alpha value is -2.37. The second-order valence-electron chi connectivity index (χ2n) is 6.59. The van der Waals surface area contributed by atoms with Crippen molar-refractivity contribution in [3.8, 4) is 11.1 Å². The quantitative estimate of drug-likeness (QED) is 0.861. The normalized spacial score (nSPS) is 13.8. The van der Waals surface area contributed by atoms with Crippen molar-refractivity contribution in [1.82, 2.24) is 4.98 Å². The summed E-state index contributed by atoms with van der Waals surface area (Å²) in [5.41, 5.74) is 1.66. The summed E-state index contributed by atoms with van der Waals surface area (Å²) >= 11 is 0. The molecule has 132 valence electrons. The maximum atomic E-state index is 13.5. The smallest absolute Gasteiger partial charge is 0.310 e. The van der Waals surface area contributed by atoms with Crippen molar-refractivity contribution in [2.75, 3.05) is 5.32 Å². The van der Waals surface area contributed by atoms with E-state index in [-0.39, 0.29) is 17.4 Å². The van der Waals surface area contributed by atoms with E-state index >= 15 is 0 Å². The third-order valence-electron chi connectivity index (χ3n) is 4.39. The fraction of sp³-hybridized carbons (Fsp3) is 0.368. The molecular weight excluding hydrogens is 329 g/mol. The van der Waals surface area contributed by atoms with Gasteiger partial charge in [-0.2, -0.15) is 13.2 Å². The Balaban J connectivity index is 1.97. The van der Waals surface area contributed by atoms with Gasteiger partial charge in [0.2, 0.25) is 5.91 Å². The van der Waals surface area contributed by atoms with Crippen molar-refractivity contribution in [3.05, 3.63) is 47.2 Å². The van der Waals surface area contributed by atoms with Crippen LogP contribution >= 0.6 is 0 Å². The molecule has 0 saturated carbocycles. The van der Waals surface area contributed by atoms with Gasteiger partial charge in [0.05, 0.1) is 5.56 Å². The lowest BCUT2D eigenvalue weighted by atomic mass is 9.95. The first-order chi connectivity index (χ1) is 11.8. The van der Waals surface area contributed by atoms with Gasteiger partial charge in [0, 0.05) is 17.7 Å². The number of hydrogen-bond donors (Lipinski definition) is 1. The van der Waals surface area contributed by atoms with Gasteiger partial charge in [-0.15, -0.1) is 0 Å². The zero-order valence-electron chi connectivity index (χ0n) is 14.1. The molecule has 1 aliphatic rings. The van der Waals surface area contributed by atoms with Crippen LogP contribution in [-0.2, 0) is 23.8 Å². The van der Waals surface area contributed by atoms with Gasteiger partial charge < -0.3 is 5.32 Å². The summed E-state index contributed by atoms with van der Waals surface area (Å²) in [6.07, 6.45) is -0.665. The molecule has 0 saturated heterocycles. The van der Waals surface area contributed by atoms with Crippen LogP contribution in [0.2, 0.25) is 0 Å². The van der Waals surface area contributed by atoms with Crippen LogP contribution in [0.15, 0.2) is 30.5 Å². The van der Waals surface area contributed by atoms with E-state index in [1.807, 2.05) is 0 Å². The van der Waals surface area contributed by atoms with Gasteiger partial charge in [-0.05, 0) is 54.2 Å². The van der Waals surface area contributed by atoms with Crippen LogP contribution in [0.3, 0.4) is 0 Å². The number of hydrogen-bond acceptors (Lipinski definition) is 2. The molecule has 6 heteroatoms. The number of nitrogens with one attached hydrogen (secondary N) is 1. The Morgan fingerprint density at radius 1 is 1.16 bits per heavy atom. The standard InChI is InChI=1S/C19H19F3N2O/c1-11(2)18(25)24-17-7-6-14(10-23-17)15-8-12-4-3-5-13(12)9-16(15)19(20,21)22/h6-11H,3-5H2,1-2H3,(H,23,24,25). The molecule has 1 amide bonds. The van der Waals surface area contributed by atoms with Crippen LogP contribution in [0, 0.1) is 5.92 Å². The van der Waals surface area contributed by atoms with Crippen LogP contribution in [-0.4, -0.2) is 10.9 Å². The number of aryl methyl sites for hydroxylation is 2. The second-order valence-corrected chi connectivity index (χ2v) is 6.59. The Morgan fingerprint density at radius 3 is 2.40 bits per heavy atom. The fourth-order valence-corrected chi connectivity index (χ4v) is 3.00. The van der Waals surface area contributed by atoms with Crippen molar-refractivity contribution in [2.24, 2.45) is 5.92 Å². The molecule has 0 fully saturated rings. The van der Waals surface area contributed by atoms with E-state index in [1.165, 1.54) is 18.3 Å². The number of anilines is 1. The van der Waals surface area contributed by atoms with Gasteiger partial charge in [0.25, 0.3) is 0 Å². The first-order valence-corrected chi connectivity index (χ1v) is 8.26. The summed E-state index contributed by atoms with van der Waals surface area (Å²) in [6, 6.07) is 6.00. The molecule has 3 rings (SSSR count). The van der Waals surface area contributed by atoms with Gasteiger partial charge in [-0.1, -0.05) is 19.9 Å². The molecule has 1 N–H and O–H groups in total. The van der Waals surface area contributed by atoms with E-state index in [1.54, 1.807) is 26.0 Å². The van der Waals surface area contributed by atoms with Crippen LogP contribution in [0.25, 0.3) is 11.1 Å². The molecule has 1 heterocycles. The lowest BCUT2D eigenvalue weighted by molar-refractivity contribution is -0.137. The van der Waals surface area contributed by atoms with E-state index in [4.69, 9.17) is 0 Å². The van der Waals surface area contributed by atoms with Crippen LogP contribution < -0.4 is 5.32 Å². The molecule has 0 aliphatic heterocycles. The molecule has 25 heavy (non-hydrogen) atoms. The molecule has 0 spiro atoms. The fourth-order valence-electron chi connectivity index (χ4n) is 3.00. The highest BCUT2D eigenvalue weighted by molar-refractivity contribution is 5.91. The molecule has 0 bridgehead atoms. The third kappa shape index (κ3) is 3.67. The van der Waals surface area contributed by atoms with Gasteiger partial charge in [-0.25, -0.2) is 4.98 Å². The number of halogens is 3. The molecule has 3 nitrogen and oxygen atoms in total. The summed E-state index contributed by atoms with van der Waals surface area (Å²) in [7, 11) is 0. The average molecular weight is 348 g/mol. The second kappa shape index (κ2) is 6.50. The van der Waals surface area contributed by atoms with Crippen LogP contribution in [0.5, 0.6) is 0 Å². The van der Waals surface area contributed by atoms with Gasteiger partial charge in [-0.3, -0.25) is 4.79 Å². The molecule has 0 unspecified atom stereocenters. The monoisotopic (exact) mass is 348 g/mol. The van der Waals surface area contributed by atoms with Crippen LogP contribution in [0.4, 0.5) is 19.0 Å². The molecule has 0 atom stereocenters. The Kier molecular flexibility index (Phi) is 4.54. The minimum absolute atomic E-state index is 0.141. The maximum Gasteiger partial charge on any atom is 0.417 e. The Bertz CT molecular complexity index is 796. The maximum absolute atomic E-state index is 13.5. The van der Waals surface area contributed by atoms with Crippen molar-refractivity contribution >= 4 is 11.7 Å². The molecular formula is C19H19F3N2O. The number of amides is 1. The number of fused-ring (bicyclic) bond motifs is 1. The van der Waals surface area contributed by atoms with E-state index in [0.717, 1.165) is 24.0 Å². The first kappa shape index (κ1) is 17.5. The predicted molar refractivity (Wildman–Crippen MR) is 90.2 cm³/mol. The summed E-state index contributed by atoms with van der Waals surface area (Å²) in [5.74, 6) is -0.0547. The zero-order chi connectivity index (χ0) is 18.2. The number of carbonyl (C=O) groups excluding carboxylic acids is 1. The van der Waals surface area contributed by atoms with Crippen LogP contribution in [0.1, 0.15) is 37.0 Å². The SMILES string of the molecule is CC(C)C(=O)Nc1ccc(-c2cc3c(cc2C(F)(F)F)CCC3)cn1. The van der Waals surface area contributed by atoms with Crippen molar-refractivity contribution in [3.63, 3.8) is 0 Å². The topological polar surface area (TPSA) is 42.0 Å². The number of alkyl halides is 3. The van der Waals surface area contributed by atoms with Gasteiger partial charge in [0.15, 0.2) is 0 Å². The molecule has 1 aromatic carbocycles. The lowest BCUT2D eigenvalue weighted by Gasteiger charge is -2.16. The van der Waals surface area contributed by atoms with Crippen molar-refractivity contribution < 1.29 is 18.0 Å². The molecule has 1 aromatic heterocycles. The Morgan fingerprint density at radius 2 is 1.84 bits per heavy atom. The highest BCUT2D eigenvalue weighted by Gasteiger charge is 2.35. The van der Waals surface area contributed by atoms with Crippen molar-refractivity contribution in [2.45, 2.75) is 39.3 Å². The zero-order valence-corrected chi connectivity index (χ0v) is 14.1. The number of aromatic nitrogens is 1. The number of nitrogens with zero attached hydrogens (tertiary/aromatic N) is 1. The van der Waals surface area contributed by atoms with E-state index < -0.39 is 11.7 Å². The van der Waals surface area contributed by atoms with E-state index in [0.29, 0.717) is 17.8 Å². The molecule has 2 aromatic rings. The first-order valence-electron chi connectivity index (χ1n) is 8.26. The highest BCUT2D eigenvalue weighted by Crippen LogP contribution is 2.40. The van der Waals surface area contributed by atoms with Gasteiger partial charge >= 0.3 is 6.18 Å². The average Bonchev–Trinajstić information content (AvgIpc) is 3.01. The third-order valence-corrected chi connectivity index (χ3v) is 4.39. The largest absolute Gasteiger partial charge is 0.417 e. The number of benzene rings is 1. The van der Waals surface area contributed by atoms with E-state index in [9.17, 15) is 18.0 Å². The number of carbonyl (C=O) groups is 1. The molecule has 0 radical (unpaired) electrons. The summed E-state index contributed by atoms with van der Waals surface area (Å²) in [4.78, 5) is 15.8. The highest BCUT2D eigenvalue weighted by atomic mass is 19.4. The summed E-state index contributed by atoms with van der Waals surface area (Å²) < 4.78 is 40.4. The lowest BCUT2D eigenvalue weighted by Crippen LogP contribution is -2.18. The number of pyridine rings is 1. The van der Waals surface area contributed by atoms with E-state index in [2.05, 4.69) is 10.3 Å². The Labute approximate surface area is 144 Å². The summed E-state index contributed by atoms with van der Waals surface area (Å²) in [6.45, 7) is 3.51. The minimum atomic E-state index is -4.42.